The Morgan fingerprint density at radius 2 is 2.13 bits per heavy atom. The van der Waals surface area contributed by atoms with Crippen LogP contribution in [0, 0.1) is 0 Å². The van der Waals surface area contributed by atoms with Crippen LogP contribution in [0.5, 0.6) is 0 Å². The highest BCUT2D eigenvalue weighted by Crippen LogP contribution is 2.31. The largest absolute Gasteiger partial charge is 0.442 e. The van der Waals surface area contributed by atoms with Crippen molar-refractivity contribution < 1.29 is 14.3 Å². The van der Waals surface area contributed by atoms with E-state index in [9.17, 15) is 9.59 Å². The van der Waals surface area contributed by atoms with Gasteiger partial charge in [-0.05, 0) is 32.9 Å². The molecule has 2 heterocycles. The molecule has 1 atom stereocenters. The molecule has 23 heavy (non-hydrogen) atoms. The fourth-order valence-electron chi connectivity index (χ4n) is 2.62. The molecule has 2 aromatic rings. The molecule has 0 spiro atoms. The Hall–Kier alpha value is -1.89. The van der Waals surface area contributed by atoms with E-state index in [-0.39, 0.29) is 10.7 Å². The van der Waals surface area contributed by atoms with Crippen LogP contribution in [0.1, 0.15) is 27.2 Å². The number of aromatic nitrogens is 2. The van der Waals surface area contributed by atoms with E-state index in [4.69, 9.17) is 4.74 Å². The number of ether oxygens (including phenoxy) is 1. The lowest BCUT2D eigenvalue weighted by atomic mass is 10.2. The molecule has 0 radical (unpaired) electrons. The van der Waals surface area contributed by atoms with Crippen molar-refractivity contribution in [2.24, 2.45) is 0 Å². The van der Waals surface area contributed by atoms with Crippen LogP contribution in [0.3, 0.4) is 0 Å². The number of amides is 1. The number of rotatable bonds is 1. The van der Waals surface area contributed by atoms with Crippen LogP contribution in [0.2, 0.25) is 0 Å². The highest BCUT2D eigenvalue weighted by molar-refractivity contribution is 9.09. The maximum atomic E-state index is 12.3. The van der Waals surface area contributed by atoms with Crippen LogP contribution in [-0.4, -0.2) is 38.8 Å². The van der Waals surface area contributed by atoms with Gasteiger partial charge in [0.1, 0.15) is 5.60 Å². The van der Waals surface area contributed by atoms with Gasteiger partial charge in [0.2, 0.25) is 5.91 Å². The molecular weight excluding hydrogens is 362 g/mol. The molecule has 1 saturated heterocycles. The van der Waals surface area contributed by atoms with Crippen molar-refractivity contribution in [3.8, 4) is 0 Å². The van der Waals surface area contributed by atoms with E-state index < -0.39 is 11.7 Å². The van der Waals surface area contributed by atoms with Crippen LogP contribution in [-0.2, 0) is 9.53 Å². The number of fused-ring (bicyclic) bond motifs is 1. The maximum absolute atomic E-state index is 12.3. The molecule has 1 fully saturated rings. The molecule has 1 aliphatic rings. The first kappa shape index (κ1) is 16.0. The van der Waals surface area contributed by atoms with Crippen LogP contribution >= 0.6 is 15.9 Å². The summed E-state index contributed by atoms with van der Waals surface area (Å²) < 4.78 is 6.60. The molecule has 7 heteroatoms. The number of alkyl halides is 1. The van der Waals surface area contributed by atoms with Gasteiger partial charge in [-0.25, -0.2) is 4.79 Å². The monoisotopic (exact) mass is 379 g/mol. The van der Waals surface area contributed by atoms with Gasteiger partial charge in [-0.1, -0.05) is 22.0 Å². The highest BCUT2D eigenvalue weighted by atomic mass is 79.9. The van der Waals surface area contributed by atoms with E-state index >= 15 is 0 Å². The van der Waals surface area contributed by atoms with Gasteiger partial charge >= 0.3 is 6.09 Å². The fraction of sp³-hybridized carbons (Fsp3) is 0.438. The summed E-state index contributed by atoms with van der Waals surface area (Å²) in [5, 5.41) is 4.91. The lowest BCUT2D eigenvalue weighted by molar-refractivity contribution is -0.117. The van der Waals surface area contributed by atoms with Crippen molar-refractivity contribution >= 4 is 44.5 Å². The molecule has 1 aromatic carbocycles. The van der Waals surface area contributed by atoms with Gasteiger partial charge in [0, 0.05) is 23.2 Å². The first-order valence-corrected chi connectivity index (χ1v) is 8.32. The van der Waals surface area contributed by atoms with E-state index in [1.807, 2.05) is 12.1 Å². The molecule has 6 nitrogen and oxygen atoms in total. The molecule has 0 N–H and O–H groups in total. The van der Waals surface area contributed by atoms with E-state index in [1.54, 1.807) is 37.9 Å². The Balaban J connectivity index is 2.01. The first-order chi connectivity index (χ1) is 10.8. The van der Waals surface area contributed by atoms with Gasteiger partial charge < -0.3 is 9.64 Å². The molecule has 1 aromatic heterocycles. The summed E-state index contributed by atoms with van der Waals surface area (Å²) in [7, 11) is 0. The molecule has 0 bridgehead atoms. The van der Waals surface area contributed by atoms with Crippen LogP contribution < -0.4 is 4.90 Å². The normalized spacial score (nSPS) is 18.7. The minimum Gasteiger partial charge on any atom is -0.442 e. The van der Waals surface area contributed by atoms with Gasteiger partial charge in [0.25, 0.3) is 0 Å². The molecule has 0 aliphatic carbocycles. The second-order valence-corrected chi connectivity index (χ2v) is 7.85. The Labute approximate surface area is 142 Å². The number of hydrogen-bond donors (Lipinski definition) is 0. The summed E-state index contributed by atoms with van der Waals surface area (Å²) in [5.41, 5.74) is 0.799. The predicted octanol–water partition coefficient (Wildman–Crippen LogP) is 3.32. The van der Waals surface area contributed by atoms with Gasteiger partial charge in [0.15, 0.2) is 0 Å². The predicted molar refractivity (Wildman–Crippen MR) is 91.1 cm³/mol. The number of hydrogen-bond acceptors (Lipinski definition) is 4. The molecule has 0 saturated carbocycles. The third-order valence-electron chi connectivity index (χ3n) is 3.53. The third kappa shape index (κ3) is 3.10. The van der Waals surface area contributed by atoms with Crippen LogP contribution in [0.15, 0.2) is 24.4 Å². The Bertz CT molecular complexity index is 778. The SMILES string of the molecule is CC(C)(C)OC(=O)n1ncc2c(N3CC(Br)CC3=O)cccc21. The Morgan fingerprint density at radius 1 is 1.39 bits per heavy atom. The first-order valence-electron chi connectivity index (χ1n) is 7.41. The van der Waals surface area contributed by atoms with E-state index in [2.05, 4.69) is 21.0 Å². The molecule has 122 valence electrons. The Kier molecular flexibility index (Phi) is 3.91. The zero-order chi connectivity index (χ0) is 16.8. The van der Waals surface area contributed by atoms with E-state index in [0.717, 1.165) is 11.1 Å². The van der Waals surface area contributed by atoms with Crippen molar-refractivity contribution in [2.45, 2.75) is 37.6 Å². The van der Waals surface area contributed by atoms with Crippen LogP contribution in [0.25, 0.3) is 10.9 Å². The maximum Gasteiger partial charge on any atom is 0.435 e. The average Bonchev–Trinajstić information content (AvgIpc) is 2.99. The minimum atomic E-state index is -0.596. The zero-order valence-electron chi connectivity index (χ0n) is 13.2. The second-order valence-electron chi connectivity index (χ2n) is 6.55. The fourth-order valence-corrected chi connectivity index (χ4v) is 3.19. The number of carbonyl (C=O) groups is 2. The molecule has 1 aliphatic heterocycles. The summed E-state index contributed by atoms with van der Waals surface area (Å²) in [4.78, 5) is 26.3. The van der Waals surface area contributed by atoms with Crippen molar-refractivity contribution in [3.05, 3.63) is 24.4 Å². The van der Waals surface area contributed by atoms with E-state index in [0.29, 0.717) is 18.5 Å². The standard InChI is InChI=1S/C16H18BrN3O3/c1-16(2,3)23-15(22)20-13-6-4-5-12(11(13)8-18-20)19-9-10(17)7-14(19)21/h4-6,8,10H,7,9H2,1-3H3. The summed E-state index contributed by atoms with van der Waals surface area (Å²) >= 11 is 3.48. The van der Waals surface area contributed by atoms with Crippen LogP contribution in [0.4, 0.5) is 10.5 Å². The van der Waals surface area contributed by atoms with Gasteiger partial charge in [-0.3, -0.25) is 4.79 Å². The number of anilines is 1. The molecule has 3 rings (SSSR count). The third-order valence-corrected chi connectivity index (χ3v) is 4.14. The summed E-state index contributed by atoms with van der Waals surface area (Å²) in [5.74, 6) is 0.0596. The Morgan fingerprint density at radius 3 is 2.74 bits per heavy atom. The summed E-state index contributed by atoms with van der Waals surface area (Å²) in [6.07, 6.45) is 1.54. The van der Waals surface area contributed by atoms with Gasteiger partial charge in [0.05, 0.1) is 17.4 Å². The highest BCUT2D eigenvalue weighted by Gasteiger charge is 2.30. The smallest absolute Gasteiger partial charge is 0.435 e. The summed E-state index contributed by atoms with van der Waals surface area (Å²) in [6.45, 7) is 6.03. The van der Waals surface area contributed by atoms with E-state index in [1.165, 1.54) is 4.68 Å². The minimum absolute atomic E-state index is 0.0596. The van der Waals surface area contributed by atoms with Gasteiger partial charge in [-0.2, -0.15) is 9.78 Å². The lowest BCUT2D eigenvalue weighted by Gasteiger charge is -2.19. The lowest BCUT2D eigenvalue weighted by Crippen LogP contribution is -2.27. The summed E-state index contributed by atoms with van der Waals surface area (Å²) in [6, 6.07) is 5.48. The van der Waals surface area contributed by atoms with Crippen molar-refractivity contribution in [2.75, 3.05) is 11.4 Å². The topological polar surface area (TPSA) is 64.4 Å². The molecule has 1 amide bonds. The molecular formula is C16H18BrN3O3. The average molecular weight is 380 g/mol. The molecule has 1 unspecified atom stereocenters. The van der Waals surface area contributed by atoms with Crippen molar-refractivity contribution in [3.63, 3.8) is 0 Å². The van der Waals surface area contributed by atoms with Crippen molar-refractivity contribution in [1.29, 1.82) is 0 Å². The quantitative estimate of drug-likeness (QED) is 0.712. The number of carbonyl (C=O) groups excluding carboxylic acids is 2. The van der Waals surface area contributed by atoms with Crippen molar-refractivity contribution in [1.82, 2.24) is 9.78 Å². The van der Waals surface area contributed by atoms with Gasteiger partial charge in [-0.15, -0.1) is 0 Å². The second kappa shape index (κ2) is 5.63. The zero-order valence-corrected chi connectivity index (χ0v) is 14.8. The number of halogens is 1. The number of benzene rings is 1. The number of nitrogens with zero attached hydrogens (tertiary/aromatic N) is 3.